The summed E-state index contributed by atoms with van der Waals surface area (Å²) in [4.78, 5) is 25.4. The van der Waals surface area contributed by atoms with Crippen molar-refractivity contribution in [2.24, 2.45) is 0 Å². The minimum absolute atomic E-state index is 0.0723. The van der Waals surface area contributed by atoms with E-state index < -0.39 is 4.92 Å². The number of hydrogen-bond acceptors (Lipinski definition) is 5. The second-order valence-electron chi connectivity index (χ2n) is 4.09. The second-order valence-corrected chi connectivity index (χ2v) is 4.09. The zero-order chi connectivity index (χ0) is 14.4. The molecule has 0 radical (unpaired) electrons. The van der Waals surface area contributed by atoms with Crippen molar-refractivity contribution in [2.45, 2.75) is 13.0 Å². The lowest BCUT2D eigenvalue weighted by Gasteiger charge is -2.04. The van der Waals surface area contributed by atoms with Crippen molar-refractivity contribution >= 4 is 11.8 Å². The van der Waals surface area contributed by atoms with Gasteiger partial charge in [0.15, 0.2) is 6.33 Å². The zero-order valence-electron chi connectivity index (χ0n) is 10.6. The second kappa shape index (κ2) is 6.46. The van der Waals surface area contributed by atoms with Crippen molar-refractivity contribution in [3.63, 3.8) is 0 Å². The van der Waals surface area contributed by atoms with Gasteiger partial charge in [-0.3, -0.25) is 4.79 Å². The van der Waals surface area contributed by atoms with Crippen LogP contribution in [0.15, 0.2) is 42.9 Å². The molecule has 2 aromatic rings. The molecular formula is C13H13N3O4. The molecule has 20 heavy (non-hydrogen) atoms. The van der Waals surface area contributed by atoms with Gasteiger partial charge in [-0.25, -0.2) is 9.55 Å². The van der Waals surface area contributed by atoms with Gasteiger partial charge in [-0.05, 0) is 10.5 Å². The molecule has 0 aliphatic carbocycles. The number of nitro groups is 1. The van der Waals surface area contributed by atoms with Gasteiger partial charge in [0.05, 0.1) is 6.42 Å². The molecule has 0 aliphatic heterocycles. The summed E-state index contributed by atoms with van der Waals surface area (Å²) in [6, 6.07) is 9.23. The van der Waals surface area contributed by atoms with Crippen LogP contribution in [0.3, 0.4) is 0 Å². The number of esters is 1. The molecule has 0 saturated carbocycles. The van der Waals surface area contributed by atoms with E-state index in [1.165, 1.54) is 10.9 Å². The topological polar surface area (TPSA) is 87.3 Å². The molecule has 1 heterocycles. The van der Waals surface area contributed by atoms with E-state index in [1.54, 1.807) is 0 Å². The highest BCUT2D eigenvalue weighted by Crippen LogP contribution is 2.09. The zero-order valence-corrected chi connectivity index (χ0v) is 10.6. The fraction of sp³-hybridized carbons (Fsp3) is 0.231. The van der Waals surface area contributed by atoms with Crippen LogP contribution in [0, 0.1) is 10.1 Å². The third kappa shape index (κ3) is 3.64. The van der Waals surface area contributed by atoms with Crippen molar-refractivity contribution < 1.29 is 14.5 Å². The molecule has 0 aliphatic rings. The summed E-state index contributed by atoms with van der Waals surface area (Å²) >= 11 is 0. The number of aromatic nitrogens is 2. The molecule has 0 bridgehead atoms. The van der Waals surface area contributed by atoms with E-state index in [9.17, 15) is 14.9 Å². The summed E-state index contributed by atoms with van der Waals surface area (Å²) in [5.41, 5.74) is 0.867. The highest BCUT2D eigenvalue weighted by molar-refractivity contribution is 5.72. The van der Waals surface area contributed by atoms with Gasteiger partial charge in [-0.1, -0.05) is 30.3 Å². The first-order chi connectivity index (χ1) is 9.66. The first-order valence-electron chi connectivity index (χ1n) is 6.01. The molecule has 0 saturated heterocycles. The van der Waals surface area contributed by atoms with Gasteiger partial charge in [0, 0.05) is 0 Å². The average Bonchev–Trinajstić information content (AvgIpc) is 2.88. The third-order valence-electron chi connectivity index (χ3n) is 2.66. The standard InChI is InChI=1S/C13H13N3O4/c17-13(8-11-4-2-1-3-5-11)20-7-6-15-10-14-9-12(15)16(18)19/h1-5,9-10H,6-8H2. The predicted molar refractivity (Wildman–Crippen MR) is 70.0 cm³/mol. The van der Waals surface area contributed by atoms with Gasteiger partial charge >= 0.3 is 11.8 Å². The van der Waals surface area contributed by atoms with Gasteiger partial charge in [0.2, 0.25) is 0 Å². The van der Waals surface area contributed by atoms with Crippen molar-refractivity contribution in [1.29, 1.82) is 0 Å². The maximum Gasteiger partial charge on any atom is 0.342 e. The van der Waals surface area contributed by atoms with E-state index >= 15 is 0 Å². The molecule has 7 heteroatoms. The van der Waals surface area contributed by atoms with Crippen molar-refractivity contribution in [3.05, 3.63) is 58.5 Å². The molecule has 2 rings (SSSR count). The highest BCUT2D eigenvalue weighted by Gasteiger charge is 2.13. The smallest absolute Gasteiger partial charge is 0.342 e. The predicted octanol–water partition coefficient (Wildman–Crippen LogP) is 1.58. The highest BCUT2D eigenvalue weighted by atomic mass is 16.6. The minimum atomic E-state index is -0.529. The van der Waals surface area contributed by atoms with E-state index in [4.69, 9.17) is 4.74 Å². The Morgan fingerprint density at radius 2 is 2.10 bits per heavy atom. The maximum absolute atomic E-state index is 11.6. The summed E-state index contributed by atoms with van der Waals surface area (Å²) in [6.45, 7) is 0.277. The molecular weight excluding hydrogens is 262 g/mol. The van der Waals surface area contributed by atoms with Crippen LogP contribution in [-0.4, -0.2) is 27.1 Å². The Morgan fingerprint density at radius 3 is 2.80 bits per heavy atom. The van der Waals surface area contributed by atoms with Crippen LogP contribution in [0.4, 0.5) is 5.82 Å². The molecule has 1 aromatic carbocycles. The first kappa shape index (κ1) is 13.7. The number of benzene rings is 1. The lowest BCUT2D eigenvalue weighted by Crippen LogP contribution is -2.13. The van der Waals surface area contributed by atoms with Crippen LogP contribution in [0.1, 0.15) is 5.56 Å². The average molecular weight is 275 g/mol. The fourth-order valence-electron chi connectivity index (χ4n) is 1.71. The normalized spacial score (nSPS) is 10.2. The van der Waals surface area contributed by atoms with Crippen LogP contribution >= 0.6 is 0 Å². The largest absolute Gasteiger partial charge is 0.461 e. The number of rotatable bonds is 6. The lowest BCUT2D eigenvalue weighted by atomic mass is 10.2. The Balaban J connectivity index is 1.80. The van der Waals surface area contributed by atoms with E-state index in [0.717, 1.165) is 11.8 Å². The molecule has 0 fully saturated rings. The number of carbonyl (C=O) groups is 1. The van der Waals surface area contributed by atoms with Crippen molar-refractivity contribution in [1.82, 2.24) is 9.55 Å². The van der Waals surface area contributed by atoms with Crippen LogP contribution in [0.25, 0.3) is 0 Å². The Labute approximate surface area is 115 Å². The van der Waals surface area contributed by atoms with Gasteiger partial charge < -0.3 is 14.9 Å². The Morgan fingerprint density at radius 1 is 1.35 bits per heavy atom. The molecule has 0 amide bonds. The summed E-state index contributed by atoms with van der Waals surface area (Å²) in [5.74, 6) is -0.483. The SMILES string of the molecule is O=C(Cc1ccccc1)OCCn1cncc1[N+](=O)[O-]. The molecule has 0 N–H and O–H groups in total. The Kier molecular flexibility index (Phi) is 4.43. The molecule has 0 atom stereocenters. The molecule has 104 valence electrons. The first-order valence-corrected chi connectivity index (χ1v) is 6.01. The van der Waals surface area contributed by atoms with E-state index in [0.29, 0.717) is 0 Å². The lowest BCUT2D eigenvalue weighted by molar-refractivity contribution is -0.392. The van der Waals surface area contributed by atoms with Gasteiger partial charge in [0.25, 0.3) is 0 Å². The quantitative estimate of drug-likeness (QED) is 0.453. The van der Waals surface area contributed by atoms with Gasteiger partial charge in [0.1, 0.15) is 19.3 Å². The maximum atomic E-state index is 11.6. The number of imidazole rings is 1. The van der Waals surface area contributed by atoms with Crippen molar-refractivity contribution in [2.75, 3.05) is 6.61 Å². The molecule has 7 nitrogen and oxygen atoms in total. The number of ether oxygens (including phenoxy) is 1. The summed E-state index contributed by atoms with van der Waals surface area (Å²) < 4.78 is 6.37. The van der Waals surface area contributed by atoms with E-state index in [2.05, 4.69) is 4.98 Å². The number of nitrogens with zero attached hydrogens (tertiary/aromatic N) is 3. The fourth-order valence-corrected chi connectivity index (χ4v) is 1.71. The third-order valence-corrected chi connectivity index (χ3v) is 2.66. The molecule has 0 unspecified atom stereocenters. The van der Waals surface area contributed by atoms with Crippen LogP contribution < -0.4 is 0 Å². The Bertz CT molecular complexity index is 595. The summed E-state index contributed by atoms with van der Waals surface area (Å²) in [6.07, 6.45) is 2.68. The molecule has 0 spiro atoms. The minimum Gasteiger partial charge on any atom is -0.461 e. The van der Waals surface area contributed by atoms with Crippen molar-refractivity contribution in [3.8, 4) is 0 Å². The monoisotopic (exact) mass is 275 g/mol. The van der Waals surface area contributed by atoms with Crippen LogP contribution in [0.2, 0.25) is 0 Å². The molecule has 1 aromatic heterocycles. The van der Waals surface area contributed by atoms with E-state index in [-0.39, 0.29) is 31.4 Å². The number of hydrogen-bond donors (Lipinski definition) is 0. The summed E-state index contributed by atoms with van der Waals surface area (Å²) in [7, 11) is 0. The van der Waals surface area contributed by atoms with Gasteiger partial charge in [-0.15, -0.1) is 0 Å². The van der Waals surface area contributed by atoms with Gasteiger partial charge in [-0.2, -0.15) is 0 Å². The van der Waals surface area contributed by atoms with E-state index in [1.807, 2.05) is 30.3 Å². The summed E-state index contributed by atoms with van der Waals surface area (Å²) in [5, 5.41) is 10.7. The van der Waals surface area contributed by atoms with Crippen LogP contribution in [0.5, 0.6) is 0 Å². The number of carbonyl (C=O) groups excluding carboxylic acids is 1. The Hall–Kier alpha value is -2.70. The van der Waals surface area contributed by atoms with Crippen LogP contribution in [-0.2, 0) is 22.5 Å².